The molecule has 1 saturated heterocycles. The van der Waals surface area contributed by atoms with Crippen LogP contribution in [0.15, 0.2) is 41.1 Å². The van der Waals surface area contributed by atoms with Crippen molar-refractivity contribution in [3.8, 4) is 0 Å². The Balaban J connectivity index is 1.74. The summed E-state index contributed by atoms with van der Waals surface area (Å²) < 4.78 is 1.37. The molecule has 0 spiro atoms. The van der Waals surface area contributed by atoms with Crippen LogP contribution in [0.25, 0.3) is 0 Å². The lowest BCUT2D eigenvalue weighted by Gasteiger charge is -2.21. The van der Waals surface area contributed by atoms with E-state index in [4.69, 9.17) is 16.2 Å². The van der Waals surface area contributed by atoms with Gasteiger partial charge in [-0.2, -0.15) is 21.1 Å². The summed E-state index contributed by atoms with van der Waals surface area (Å²) in [6.45, 7) is 4.53. The summed E-state index contributed by atoms with van der Waals surface area (Å²) in [6, 6.07) is 8.72. The summed E-state index contributed by atoms with van der Waals surface area (Å²) in [7, 11) is 5.10. The van der Waals surface area contributed by atoms with Crippen LogP contribution in [0, 0.1) is 18.3 Å². The summed E-state index contributed by atoms with van der Waals surface area (Å²) in [5.74, 6) is -0.815. The number of carbonyl (C=O) groups is 3. The molecule has 1 aliphatic heterocycles. The normalized spacial score (nSPS) is 17.2. The number of nitrogen functional groups attached to an aromatic ring is 1. The maximum atomic E-state index is 13.5. The van der Waals surface area contributed by atoms with Crippen molar-refractivity contribution >= 4 is 40.8 Å². The Bertz CT molecular complexity index is 1350. The van der Waals surface area contributed by atoms with E-state index in [9.17, 15) is 14.4 Å². The summed E-state index contributed by atoms with van der Waals surface area (Å²) in [5, 5.41) is 15.9. The van der Waals surface area contributed by atoms with Crippen LogP contribution in [-0.2, 0) is 11.3 Å². The number of hydrogen-bond acceptors (Lipinski definition) is 7. The number of rotatable bonds is 6. The molecule has 11 heteroatoms. The van der Waals surface area contributed by atoms with Gasteiger partial charge in [0.2, 0.25) is 5.91 Å². The second kappa shape index (κ2) is 10.2. The molecule has 1 aliphatic rings. The molecular formula is C26H31N7O3S. The number of imide groups is 1. The van der Waals surface area contributed by atoms with Gasteiger partial charge >= 0.3 is 6.03 Å². The average Bonchev–Trinajstić information content (AvgIpc) is 3.57. The highest BCUT2D eigenvalue weighted by molar-refractivity contribution is 7.08. The highest BCUT2D eigenvalue weighted by Crippen LogP contribution is 2.38. The fourth-order valence-electron chi connectivity index (χ4n) is 4.73. The minimum atomic E-state index is -0.637. The van der Waals surface area contributed by atoms with Crippen molar-refractivity contribution in [3.05, 3.63) is 69.0 Å². The van der Waals surface area contributed by atoms with Gasteiger partial charge in [0, 0.05) is 50.7 Å². The van der Waals surface area contributed by atoms with Crippen molar-refractivity contribution in [3.63, 3.8) is 0 Å². The molecule has 3 heterocycles. The predicted octanol–water partition coefficient (Wildman–Crippen LogP) is 3.11. The number of nitrogens with one attached hydrogen (secondary N) is 1. The Kier molecular flexibility index (Phi) is 7.17. The number of carbonyl (C=O) groups excluding carboxylic acids is 3. The van der Waals surface area contributed by atoms with E-state index in [1.165, 1.54) is 25.8 Å². The molecule has 3 amide bonds. The zero-order valence-corrected chi connectivity index (χ0v) is 22.4. The van der Waals surface area contributed by atoms with E-state index in [-0.39, 0.29) is 29.6 Å². The summed E-state index contributed by atoms with van der Waals surface area (Å²) in [6.07, 6.45) is 0. The van der Waals surface area contributed by atoms with Crippen molar-refractivity contribution in [1.29, 1.82) is 5.41 Å². The first-order valence-corrected chi connectivity index (χ1v) is 12.8. The molecule has 2 aromatic heterocycles. The Hall–Kier alpha value is -3.99. The summed E-state index contributed by atoms with van der Waals surface area (Å²) in [4.78, 5) is 44.0. The number of amides is 3. The van der Waals surface area contributed by atoms with Gasteiger partial charge < -0.3 is 15.5 Å². The smallest absolute Gasteiger partial charge is 0.326 e. The van der Waals surface area contributed by atoms with Crippen molar-refractivity contribution in [2.45, 2.75) is 26.3 Å². The molecule has 1 aromatic carbocycles. The number of anilines is 1. The first kappa shape index (κ1) is 26.1. The van der Waals surface area contributed by atoms with E-state index >= 15 is 0 Å². The number of benzene rings is 1. The molecule has 0 aliphatic carbocycles. The minimum absolute atomic E-state index is 0.00281. The van der Waals surface area contributed by atoms with E-state index in [0.29, 0.717) is 35.7 Å². The zero-order chi connectivity index (χ0) is 27.0. The van der Waals surface area contributed by atoms with E-state index in [0.717, 1.165) is 11.1 Å². The Labute approximate surface area is 219 Å². The number of hydrogen-bond donors (Lipinski definition) is 2. The van der Waals surface area contributed by atoms with Gasteiger partial charge in [-0.05, 0) is 29.9 Å². The van der Waals surface area contributed by atoms with Crippen LogP contribution < -0.4 is 10.6 Å². The lowest BCUT2D eigenvalue weighted by Crippen LogP contribution is -2.40. The predicted molar refractivity (Wildman–Crippen MR) is 143 cm³/mol. The molecule has 194 valence electrons. The maximum Gasteiger partial charge on any atom is 0.326 e. The van der Waals surface area contributed by atoms with Crippen LogP contribution >= 0.6 is 11.3 Å². The first-order valence-electron chi connectivity index (χ1n) is 11.8. The number of thiophene rings is 1. The third-order valence-corrected chi connectivity index (χ3v) is 7.30. The lowest BCUT2D eigenvalue weighted by atomic mass is 9.92. The van der Waals surface area contributed by atoms with Crippen LogP contribution in [0.5, 0.6) is 0 Å². The molecule has 4 rings (SSSR count). The van der Waals surface area contributed by atoms with Gasteiger partial charge in [-0.15, -0.1) is 0 Å². The van der Waals surface area contributed by atoms with Gasteiger partial charge in [0.15, 0.2) is 0 Å². The number of amidine groups is 1. The molecule has 0 saturated carbocycles. The molecule has 2 unspecified atom stereocenters. The van der Waals surface area contributed by atoms with E-state index in [2.05, 4.69) is 0 Å². The summed E-state index contributed by atoms with van der Waals surface area (Å²) >= 11 is 1.42. The second-order valence-electron chi connectivity index (χ2n) is 9.61. The second-order valence-corrected chi connectivity index (χ2v) is 10.4. The SMILES string of the molecule is Cc1c(C2C(=O)N(C(=O)N(C)C)CC2C)nn(C(=O)c2ccsc2)c1N(C)Cc1ccc(C(=N)N)cc1. The molecular weight excluding hydrogens is 490 g/mol. The lowest BCUT2D eigenvalue weighted by molar-refractivity contribution is -0.127. The van der Waals surface area contributed by atoms with Gasteiger partial charge in [-0.1, -0.05) is 31.2 Å². The van der Waals surface area contributed by atoms with Crippen molar-refractivity contribution < 1.29 is 14.4 Å². The molecule has 0 bridgehead atoms. The summed E-state index contributed by atoms with van der Waals surface area (Å²) in [5.41, 5.74) is 8.89. The third-order valence-electron chi connectivity index (χ3n) is 6.61. The fourth-order valence-corrected chi connectivity index (χ4v) is 5.36. The maximum absolute atomic E-state index is 13.5. The topological polar surface area (TPSA) is 129 Å². The minimum Gasteiger partial charge on any atom is -0.384 e. The van der Waals surface area contributed by atoms with Gasteiger partial charge in [0.25, 0.3) is 5.91 Å². The molecule has 10 nitrogen and oxygen atoms in total. The Morgan fingerprint density at radius 2 is 1.84 bits per heavy atom. The monoisotopic (exact) mass is 521 g/mol. The Morgan fingerprint density at radius 1 is 1.16 bits per heavy atom. The number of nitrogens with zero attached hydrogens (tertiary/aromatic N) is 5. The highest BCUT2D eigenvalue weighted by atomic mass is 32.1. The van der Waals surface area contributed by atoms with Gasteiger partial charge in [-0.25, -0.2) is 4.79 Å². The molecule has 2 atom stereocenters. The largest absolute Gasteiger partial charge is 0.384 e. The fraction of sp³-hybridized carbons (Fsp3) is 0.346. The highest BCUT2D eigenvalue weighted by Gasteiger charge is 2.45. The number of nitrogens with two attached hydrogens (primary N) is 1. The molecule has 0 radical (unpaired) electrons. The Morgan fingerprint density at radius 3 is 2.41 bits per heavy atom. The quantitative estimate of drug-likeness (QED) is 0.379. The van der Waals surface area contributed by atoms with Gasteiger partial charge in [-0.3, -0.25) is 19.9 Å². The molecule has 37 heavy (non-hydrogen) atoms. The van der Waals surface area contributed by atoms with Crippen LogP contribution in [0.4, 0.5) is 10.6 Å². The van der Waals surface area contributed by atoms with Crippen LogP contribution in [0.3, 0.4) is 0 Å². The average molecular weight is 522 g/mol. The molecule has 3 aromatic rings. The number of urea groups is 1. The zero-order valence-electron chi connectivity index (χ0n) is 21.6. The number of aromatic nitrogens is 2. The van der Waals surface area contributed by atoms with Crippen molar-refractivity contribution in [2.75, 3.05) is 32.6 Å². The molecule has 3 N–H and O–H groups in total. The van der Waals surface area contributed by atoms with E-state index in [1.54, 1.807) is 37.7 Å². The molecule has 1 fully saturated rings. The van der Waals surface area contributed by atoms with Crippen molar-refractivity contribution in [2.24, 2.45) is 11.7 Å². The first-order chi connectivity index (χ1) is 17.5. The van der Waals surface area contributed by atoms with Gasteiger partial charge in [0.05, 0.1) is 17.2 Å². The number of likely N-dealkylation sites (tertiary alicyclic amines) is 1. The van der Waals surface area contributed by atoms with Crippen LogP contribution in [0.1, 0.15) is 45.6 Å². The van der Waals surface area contributed by atoms with Crippen LogP contribution in [-0.4, -0.2) is 70.9 Å². The van der Waals surface area contributed by atoms with Crippen molar-refractivity contribution in [1.82, 2.24) is 19.6 Å². The standard InChI is InChI=1S/C26H31N7O3S/c1-15-12-32(26(36)30(3)4)25(35)20(15)21-16(2)23(33(29-21)24(34)19-10-11-37-14-19)31(5)13-17-6-8-18(9-7-17)22(27)28/h6-11,14-15,20H,12-13H2,1-5H3,(H3,27,28). The van der Waals surface area contributed by atoms with Crippen LogP contribution in [0.2, 0.25) is 0 Å². The third kappa shape index (κ3) is 4.86. The van der Waals surface area contributed by atoms with E-state index < -0.39 is 5.92 Å². The van der Waals surface area contributed by atoms with E-state index in [1.807, 2.05) is 43.3 Å². The van der Waals surface area contributed by atoms with Gasteiger partial charge in [0.1, 0.15) is 11.7 Å².